The van der Waals surface area contributed by atoms with Crippen LogP contribution in [0.4, 0.5) is 15.8 Å². The molecule has 2 amide bonds. The normalized spacial score (nSPS) is 11.2. The smallest absolute Gasteiger partial charge is 0.258 e. The summed E-state index contributed by atoms with van der Waals surface area (Å²) in [5.74, 6) is -1.83. The van der Waals surface area contributed by atoms with Gasteiger partial charge in [0.15, 0.2) is 0 Å². The van der Waals surface area contributed by atoms with Gasteiger partial charge in [0.2, 0.25) is 15.9 Å². The van der Waals surface area contributed by atoms with E-state index in [9.17, 15) is 22.4 Å². The van der Waals surface area contributed by atoms with Gasteiger partial charge in [0, 0.05) is 17.8 Å². The van der Waals surface area contributed by atoms with Gasteiger partial charge in [-0.05, 0) is 36.4 Å². The number of carbonyl (C=O) groups excluding carboxylic acids is 2. The van der Waals surface area contributed by atoms with E-state index in [1.165, 1.54) is 44.5 Å². The second-order valence-corrected chi connectivity index (χ2v) is 8.59. The molecule has 8 nitrogen and oxygen atoms in total. The third-order valence-electron chi connectivity index (χ3n) is 3.84. The molecular weight excluding hydrogens is 425 g/mol. The average molecular weight is 444 g/mol. The molecule has 0 bridgehead atoms. The van der Waals surface area contributed by atoms with Crippen LogP contribution < -0.4 is 15.4 Å². The molecule has 0 atom stereocenters. The van der Waals surface area contributed by atoms with Crippen molar-refractivity contribution in [1.29, 1.82) is 0 Å². The number of rotatable bonds is 7. The molecule has 2 N–H and O–H groups in total. The first-order chi connectivity index (χ1) is 13.5. The quantitative estimate of drug-likeness (QED) is 0.684. The number of nitrogens with one attached hydrogen (secondary N) is 2. The van der Waals surface area contributed by atoms with Gasteiger partial charge in [-0.3, -0.25) is 9.59 Å². The van der Waals surface area contributed by atoms with Gasteiger partial charge in [0.25, 0.3) is 5.91 Å². The van der Waals surface area contributed by atoms with E-state index < -0.39 is 27.7 Å². The van der Waals surface area contributed by atoms with Crippen LogP contribution in [0.3, 0.4) is 0 Å². The highest BCUT2D eigenvalue weighted by Crippen LogP contribution is 2.29. The molecule has 29 heavy (non-hydrogen) atoms. The molecule has 2 rings (SSSR count). The second-order valence-electron chi connectivity index (χ2n) is 6.06. The van der Waals surface area contributed by atoms with Crippen LogP contribution in [-0.2, 0) is 14.8 Å². The predicted molar refractivity (Wildman–Crippen MR) is 108 cm³/mol. The van der Waals surface area contributed by atoms with Crippen molar-refractivity contribution in [2.45, 2.75) is 0 Å². The number of likely N-dealkylation sites (N-methyl/N-ethyl adjacent to an activating group) is 1. The van der Waals surface area contributed by atoms with E-state index in [-0.39, 0.29) is 34.3 Å². The van der Waals surface area contributed by atoms with Gasteiger partial charge in [-0.1, -0.05) is 11.6 Å². The van der Waals surface area contributed by atoms with Gasteiger partial charge < -0.3 is 15.4 Å². The van der Waals surface area contributed by atoms with Gasteiger partial charge in [0.1, 0.15) is 11.6 Å². The van der Waals surface area contributed by atoms with E-state index in [1.807, 2.05) is 0 Å². The summed E-state index contributed by atoms with van der Waals surface area (Å²) in [5.41, 5.74) is 0.242. The molecule has 11 heteroatoms. The first-order valence-electron chi connectivity index (χ1n) is 8.17. The van der Waals surface area contributed by atoms with Crippen LogP contribution in [0.2, 0.25) is 5.02 Å². The molecule has 0 aliphatic carbocycles. The van der Waals surface area contributed by atoms with E-state index in [2.05, 4.69) is 10.6 Å². The SMILES string of the molecule is COc1ccc(NC(=O)CN(C)S(C)(=O)=O)cc1NC(=O)c1ccc(Cl)cc1F. The standard InChI is InChI=1S/C18H19ClFN3O5S/c1-23(29(3,26)27)10-17(24)21-12-5-7-16(28-2)15(9-12)22-18(25)13-6-4-11(19)8-14(13)20/h4-9H,10H2,1-3H3,(H,21,24)(H,22,25). The van der Waals surface area contributed by atoms with Crippen LogP contribution in [-0.4, -0.2) is 51.5 Å². The Hall–Kier alpha value is -2.69. The summed E-state index contributed by atoms with van der Waals surface area (Å²) in [6.07, 6.45) is 0.983. The molecule has 0 unspecified atom stereocenters. The molecule has 0 aliphatic rings. The fraction of sp³-hybridized carbons (Fsp3) is 0.222. The minimum Gasteiger partial charge on any atom is -0.495 e. The Morgan fingerprint density at radius 2 is 1.86 bits per heavy atom. The summed E-state index contributed by atoms with van der Waals surface area (Å²) >= 11 is 5.69. The number of hydrogen-bond acceptors (Lipinski definition) is 5. The molecule has 0 aromatic heterocycles. The molecular formula is C18H19ClFN3O5S. The van der Waals surface area contributed by atoms with Crippen molar-refractivity contribution < 1.29 is 27.1 Å². The summed E-state index contributed by atoms with van der Waals surface area (Å²) in [4.78, 5) is 24.5. The average Bonchev–Trinajstić information content (AvgIpc) is 2.60. The van der Waals surface area contributed by atoms with E-state index in [4.69, 9.17) is 16.3 Å². The van der Waals surface area contributed by atoms with E-state index >= 15 is 0 Å². The zero-order valence-electron chi connectivity index (χ0n) is 15.8. The number of ether oxygens (including phenoxy) is 1. The van der Waals surface area contributed by atoms with Crippen molar-refractivity contribution in [2.24, 2.45) is 0 Å². The fourth-order valence-corrected chi connectivity index (χ4v) is 2.78. The summed E-state index contributed by atoms with van der Waals surface area (Å²) < 4.78 is 42.8. The van der Waals surface area contributed by atoms with Gasteiger partial charge in [-0.25, -0.2) is 12.8 Å². The molecule has 2 aromatic rings. The molecule has 0 saturated carbocycles. The van der Waals surface area contributed by atoms with Gasteiger partial charge >= 0.3 is 0 Å². The number of methoxy groups -OCH3 is 1. The lowest BCUT2D eigenvalue weighted by molar-refractivity contribution is -0.116. The van der Waals surface area contributed by atoms with Gasteiger partial charge in [-0.15, -0.1) is 0 Å². The van der Waals surface area contributed by atoms with Crippen molar-refractivity contribution in [1.82, 2.24) is 4.31 Å². The maximum Gasteiger partial charge on any atom is 0.258 e. The number of anilines is 2. The van der Waals surface area contributed by atoms with E-state index in [0.29, 0.717) is 0 Å². The lowest BCUT2D eigenvalue weighted by atomic mass is 10.2. The van der Waals surface area contributed by atoms with Crippen LogP contribution in [0.1, 0.15) is 10.4 Å². The molecule has 2 aromatic carbocycles. The zero-order valence-corrected chi connectivity index (χ0v) is 17.4. The summed E-state index contributed by atoms with van der Waals surface area (Å²) in [5, 5.41) is 5.19. The minimum absolute atomic E-state index is 0.153. The van der Waals surface area contributed by atoms with Crippen molar-refractivity contribution >= 4 is 44.8 Å². The largest absolute Gasteiger partial charge is 0.495 e. The number of hydrogen-bond donors (Lipinski definition) is 2. The third-order valence-corrected chi connectivity index (χ3v) is 5.34. The van der Waals surface area contributed by atoms with Crippen LogP contribution in [0, 0.1) is 5.82 Å². The van der Waals surface area contributed by atoms with Gasteiger partial charge in [-0.2, -0.15) is 4.31 Å². The number of halogens is 2. The van der Waals surface area contributed by atoms with Crippen LogP contribution in [0.15, 0.2) is 36.4 Å². The summed E-state index contributed by atoms with van der Waals surface area (Å²) in [6.45, 7) is -0.386. The Bertz CT molecular complexity index is 1050. The van der Waals surface area contributed by atoms with Crippen molar-refractivity contribution in [3.8, 4) is 5.75 Å². The van der Waals surface area contributed by atoms with E-state index in [0.717, 1.165) is 16.6 Å². The number of benzene rings is 2. The highest BCUT2D eigenvalue weighted by Gasteiger charge is 2.17. The van der Waals surface area contributed by atoms with Crippen molar-refractivity contribution in [3.05, 3.63) is 52.8 Å². The Labute approximate surface area is 172 Å². The van der Waals surface area contributed by atoms with Crippen molar-refractivity contribution in [2.75, 3.05) is 37.6 Å². The first-order valence-corrected chi connectivity index (χ1v) is 10.4. The molecule has 0 heterocycles. The minimum atomic E-state index is -3.51. The zero-order chi connectivity index (χ0) is 21.8. The molecule has 0 radical (unpaired) electrons. The lowest BCUT2D eigenvalue weighted by Crippen LogP contribution is -2.34. The number of carbonyl (C=O) groups is 2. The monoisotopic (exact) mass is 443 g/mol. The van der Waals surface area contributed by atoms with Crippen molar-refractivity contribution in [3.63, 3.8) is 0 Å². The summed E-state index contributed by atoms with van der Waals surface area (Å²) in [6, 6.07) is 8.04. The maximum absolute atomic E-state index is 14.0. The first kappa shape index (κ1) is 22.6. The lowest BCUT2D eigenvalue weighted by Gasteiger charge is -2.15. The molecule has 0 aliphatic heterocycles. The Morgan fingerprint density at radius 3 is 2.45 bits per heavy atom. The van der Waals surface area contributed by atoms with Crippen LogP contribution in [0.25, 0.3) is 0 Å². The number of amides is 2. The van der Waals surface area contributed by atoms with Gasteiger partial charge in [0.05, 0.1) is 31.2 Å². The second kappa shape index (κ2) is 9.21. The van der Waals surface area contributed by atoms with Crippen LogP contribution >= 0.6 is 11.6 Å². The Balaban J connectivity index is 2.20. The third kappa shape index (κ3) is 6.14. The number of sulfonamides is 1. The summed E-state index contributed by atoms with van der Waals surface area (Å²) in [7, 11) is -0.857. The van der Waals surface area contributed by atoms with Crippen LogP contribution in [0.5, 0.6) is 5.75 Å². The number of nitrogens with zero attached hydrogens (tertiary/aromatic N) is 1. The molecule has 0 saturated heterocycles. The van der Waals surface area contributed by atoms with E-state index in [1.54, 1.807) is 0 Å². The molecule has 156 valence electrons. The predicted octanol–water partition coefficient (Wildman–Crippen LogP) is 2.57. The molecule has 0 spiro atoms. The Kier molecular flexibility index (Phi) is 7.17. The molecule has 0 fully saturated rings. The highest BCUT2D eigenvalue weighted by atomic mass is 35.5. The topological polar surface area (TPSA) is 105 Å². The maximum atomic E-state index is 14.0. The fourth-order valence-electron chi connectivity index (χ4n) is 2.27. The highest BCUT2D eigenvalue weighted by molar-refractivity contribution is 7.88. The Morgan fingerprint density at radius 1 is 1.17 bits per heavy atom.